The molecule has 0 aliphatic carbocycles. The third kappa shape index (κ3) is 3.89. The van der Waals surface area contributed by atoms with Gasteiger partial charge < -0.3 is 9.84 Å². The molecule has 1 N–H and O–H groups in total. The van der Waals surface area contributed by atoms with Crippen LogP contribution in [0.15, 0.2) is 60.8 Å². The van der Waals surface area contributed by atoms with Crippen molar-refractivity contribution < 1.29 is 19.0 Å². The fraction of sp³-hybridized carbons (Fsp3) is 0.231. The zero-order chi connectivity index (χ0) is 22.3. The van der Waals surface area contributed by atoms with E-state index in [-0.39, 0.29) is 5.82 Å². The Morgan fingerprint density at radius 1 is 1.06 bits per heavy atom. The first kappa shape index (κ1) is 20.9. The molecule has 31 heavy (non-hydrogen) atoms. The zero-order valence-electron chi connectivity index (χ0n) is 17.9. The Morgan fingerprint density at radius 3 is 2.48 bits per heavy atom. The van der Waals surface area contributed by atoms with Crippen molar-refractivity contribution in [2.24, 2.45) is 0 Å². The highest BCUT2D eigenvalue weighted by atomic mass is 19.1. The van der Waals surface area contributed by atoms with Crippen LogP contribution in [0.3, 0.4) is 0 Å². The van der Waals surface area contributed by atoms with Crippen LogP contribution in [0.1, 0.15) is 38.0 Å². The molecule has 0 radical (unpaired) electrons. The predicted octanol–water partition coefficient (Wildman–Crippen LogP) is 6.44. The van der Waals surface area contributed by atoms with E-state index < -0.39 is 17.7 Å². The number of fused-ring (bicyclic) bond motifs is 2. The van der Waals surface area contributed by atoms with Gasteiger partial charge in [0.25, 0.3) is 0 Å². The fourth-order valence-electron chi connectivity index (χ4n) is 4.06. The fourth-order valence-corrected chi connectivity index (χ4v) is 4.06. The van der Waals surface area contributed by atoms with Gasteiger partial charge in [-0.2, -0.15) is 0 Å². The highest BCUT2D eigenvalue weighted by Crippen LogP contribution is 2.42. The molecule has 0 saturated carbocycles. The van der Waals surface area contributed by atoms with E-state index in [1.165, 1.54) is 6.07 Å². The summed E-state index contributed by atoms with van der Waals surface area (Å²) in [4.78, 5) is 16.8. The van der Waals surface area contributed by atoms with Crippen molar-refractivity contribution in [3.05, 3.63) is 77.7 Å². The average Bonchev–Trinajstić information content (AvgIpc) is 2.71. The number of ether oxygens (including phenoxy) is 1. The van der Waals surface area contributed by atoms with E-state index in [9.17, 15) is 14.3 Å². The Morgan fingerprint density at radius 2 is 1.77 bits per heavy atom. The molecule has 0 amide bonds. The zero-order valence-corrected chi connectivity index (χ0v) is 17.9. The Kier molecular flexibility index (Phi) is 5.23. The summed E-state index contributed by atoms with van der Waals surface area (Å²) in [5, 5.41) is 12.3. The number of nitrogens with zero attached hydrogens (tertiary/aromatic N) is 1. The molecule has 1 heterocycles. The summed E-state index contributed by atoms with van der Waals surface area (Å²) in [5.74, 6) is -1.44. The second-order valence-corrected chi connectivity index (χ2v) is 8.65. The number of aryl methyl sites for hydroxylation is 1. The molecule has 0 aliphatic rings. The van der Waals surface area contributed by atoms with Gasteiger partial charge >= 0.3 is 5.97 Å². The number of aromatic nitrogens is 1. The van der Waals surface area contributed by atoms with Crippen LogP contribution in [0.5, 0.6) is 0 Å². The highest BCUT2D eigenvalue weighted by molar-refractivity contribution is 6.07. The molecule has 0 fully saturated rings. The lowest BCUT2D eigenvalue weighted by molar-refractivity contribution is -0.160. The van der Waals surface area contributed by atoms with Gasteiger partial charge in [-0.05, 0) is 73.9 Å². The lowest BCUT2D eigenvalue weighted by Gasteiger charge is -2.28. The van der Waals surface area contributed by atoms with Crippen molar-refractivity contribution in [3.8, 4) is 11.1 Å². The van der Waals surface area contributed by atoms with Crippen LogP contribution in [0.2, 0.25) is 0 Å². The van der Waals surface area contributed by atoms with Crippen LogP contribution in [-0.4, -0.2) is 21.7 Å². The van der Waals surface area contributed by atoms with E-state index >= 15 is 0 Å². The SMILES string of the molecule is Cc1cc2ccccc2c(-c2ccc(F)c3cccnc23)c1[C@H](OC(C)(C)C)C(=O)O. The molecular formula is C26H24FNO3. The Labute approximate surface area is 180 Å². The van der Waals surface area contributed by atoms with Crippen LogP contribution in [-0.2, 0) is 9.53 Å². The summed E-state index contributed by atoms with van der Waals surface area (Å²) in [5.41, 5.74) is 2.53. The topological polar surface area (TPSA) is 59.4 Å². The molecule has 0 unspecified atom stereocenters. The van der Waals surface area contributed by atoms with Crippen molar-refractivity contribution in [2.45, 2.75) is 39.4 Å². The number of carbonyl (C=O) groups is 1. The van der Waals surface area contributed by atoms with Crippen molar-refractivity contribution in [3.63, 3.8) is 0 Å². The van der Waals surface area contributed by atoms with Crippen molar-refractivity contribution in [1.29, 1.82) is 0 Å². The van der Waals surface area contributed by atoms with Crippen molar-refractivity contribution in [1.82, 2.24) is 4.98 Å². The van der Waals surface area contributed by atoms with E-state index in [1.807, 2.05) is 58.0 Å². The first-order valence-electron chi connectivity index (χ1n) is 10.1. The summed E-state index contributed by atoms with van der Waals surface area (Å²) in [7, 11) is 0. The standard InChI is InChI=1S/C26H24FNO3/c1-15-14-16-8-5-6-9-17(16)22(21(15)24(25(29)30)31-26(2,3)4)19-11-12-20(27)18-10-7-13-28-23(18)19/h5-14,24H,1-4H3,(H,29,30)/t24-/m0/s1. The van der Waals surface area contributed by atoms with Crippen molar-refractivity contribution >= 4 is 27.6 Å². The molecular weight excluding hydrogens is 393 g/mol. The molecule has 0 aliphatic heterocycles. The van der Waals surface area contributed by atoms with Crippen molar-refractivity contribution in [2.75, 3.05) is 0 Å². The van der Waals surface area contributed by atoms with Gasteiger partial charge in [-0.25, -0.2) is 9.18 Å². The number of pyridine rings is 1. The average molecular weight is 417 g/mol. The van der Waals surface area contributed by atoms with E-state index in [4.69, 9.17) is 4.74 Å². The van der Waals surface area contributed by atoms with Gasteiger partial charge in [-0.3, -0.25) is 4.98 Å². The molecule has 4 nitrogen and oxygen atoms in total. The lowest BCUT2D eigenvalue weighted by Crippen LogP contribution is -2.28. The minimum Gasteiger partial charge on any atom is -0.479 e. The maximum Gasteiger partial charge on any atom is 0.337 e. The maximum absolute atomic E-state index is 14.5. The molecule has 0 saturated heterocycles. The van der Waals surface area contributed by atoms with Gasteiger partial charge in [0.05, 0.1) is 11.1 Å². The summed E-state index contributed by atoms with van der Waals surface area (Å²) in [6.45, 7) is 7.36. The molecule has 158 valence electrons. The van der Waals surface area contributed by atoms with Gasteiger partial charge in [0.2, 0.25) is 0 Å². The van der Waals surface area contributed by atoms with Gasteiger partial charge in [0.1, 0.15) is 5.82 Å². The van der Waals surface area contributed by atoms with E-state index in [2.05, 4.69) is 4.98 Å². The summed E-state index contributed by atoms with van der Waals surface area (Å²) < 4.78 is 20.5. The van der Waals surface area contributed by atoms with Crippen LogP contribution < -0.4 is 0 Å². The van der Waals surface area contributed by atoms with Gasteiger partial charge in [0, 0.05) is 22.7 Å². The van der Waals surface area contributed by atoms with Gasteiger partial charge in [-0.15, -0.1) is 0 Å². The maximum atomic E-state index is 14.5. The summed E-state index contributed by atoms with van der Waals surface area (Å²) in [6, 6.07) is 16.2. The summed E-state index contributed by atoms with van der Waals surface area (Å²) >= 11 is 0. The third-order valence-electron chi connectivity index (χ3n) is 5.24. The normalized spacial score (nSPS) is 12.9. The number of halogens is 1. The van der Waals surface area contributed by atoms with Crippen LogP contribution in [0.4, 0.5) is 4.39 Å². The summed E-state index contributed by atoms with van der Waals surface area (Å²) in [6.07, 6.45) is 0.423. The second kappa shape index (κ2) is 7.75. The Hall–Kier alpha value is -3.31. The van der Waals surface area contributed by atoms with E-state index in [0.717, 1.165) is 16.3 Å². The number of rotatable bonds is 4. The van der Waals surface area contributed by atoms with Crippen LogP contribution in [0, 0.1) is 12.7 Å². The molecule has 0 spiro atoms. The quantitative estimate of drug-likeness (QED) is 0.415. The number of carboxylic acids is 1. The Balaban J connectivity index is 2.15. The molecule has 4 rings (SSSR count). The molecule has 1 aromatic heterocycles. The largest absolute Gasteiger partial charge is 0.479 e. The molecule has 1 atom stereocenters. The molecule has 0 bridgehead atoms. The molecule has 4 aromatic rings. The lowest BCUT2D eigenvalue weighted by atomic mass is 9.86. The second-order valence-electron chi connectivity index (χ2n) is 8.65. The number of benzene rings is 3. The van der Waals surface area contributed by atoms with Crippen LogP contribution >= 0.6 is 0 Å². The predicted molar refractivity (Wildman–Crippen MR) is 121 cm³/mol. The molecule has 5 heteroatoms. The minimum absolute atomic E-state index is 0.369. The highest BCUT2D eigenvalue weighted by Gasteiger charge is 2.32. The van der Waals surface area contributed by atoms with Crippen LogP contribution in [0.25, 0.3) is 32.8 Å². The van der Waals surface area contributed by atoms with E-state index in [1.54, 1.807) is 24.4 Å². The third-order valence-corrected chi connectivity index (χ3v) is 5.24. The minimum atomic E-state index is -1.19. The van der Waals surface area contributed by atoms with E-state index in [0.29, 0.717) is 27.6 Å². The monoisotopic (exact) mass is 417 g/mol. The number of hydrogen-bond donors (Lipinski definition) is 1. The first-order chi connectivity index (χ1) is 14.7. The number of aliphatic carboxylic acids is 1. The number of hydrogen-bond acceptors (Lipinski definition) is 3. The van der Waals surface area contributed by atoms with Gasteiger partial charge in [-0.1, -0.05) is 30.3 Å². The molecule has 3 aromatic carbocycles. The Bertz CT molecular complexity index is 1310. The van der Waals surface area contributed by atoms with Gasteiger partial charge in [0.15, 0.2) is 6.10 Å². The number of carboxylic acid groups (broad SMARTS) is 1. The smallest absolute Gasteiger partial charge is 0.337 e. The first-order valence-corrected chi connectivity index (χ1v) is 10.1.